The van der Waals surface area contributed by atoms with Gasteiger partial charge in [0, 0.05) is 13.0 Å². The average Bonchev–Trinajstić information content (AvgIpc) is 0.843. The molecule has 0 saturated heterocycles. The molecular formula is C95H183N25O18. The summed E-state index contributed by atoms with van der Waals surface area (Å²) in [5.41, 5.74) is 43.4. The summed E-state index contributed by atoms with van der Waals surface area (Å²) in [6.45, 7) is 29.6. The van der Waals surface area contributed by atoms with Crippen LogP contribution in [-0.4, -0.2) is 255 Å². The number of hydrogen-bond acceptors (Lipinski definition) is 26. The average molecular weight is 1960 g/mol. The van der Waals surface area contributed by atoms with Crippen LogP contribution < -0.4 is 136 Å². The lowest BCUT2D eigenvalue weighted by Crippen LogP contribution is -2.61. The molecule has 0 aromatic heterocycles. The first kappa shape index (κ1) is 129. The minimum atomic E-state index is -1.75. The predicted molar refractivity (Wildman–Crippen MR) is 532 cm³/mol. The fraction of sp³-hybridized carbons (Fsp3) is 0.821. The van der Waals surface area contributed by atoms with Gasteiger partial charge in [0.25, 0.3) is 0 Å². The van der Waals surface area contributed by atoms with Crippen LogP contribution in [0.1, 0.15) is 303 Å². The van der Waals surface area contributed by atoms with E-state index in [1.165, 1.54) is 0 Å². The molecule has 0 aliphatic rings. The van der Waals surface area contributed by atoms with E-state index >= 15 is 0 Å². The topological polar surface area (TPSA) is 723 Å². The van der Waals surface area contributed by atoms with Crippen molar-refractivity contribution in [2.75, 3.05) is 59.0 Å². The molecule has 0 unspecified atom stereocenters. The van der Waals surface area contributed by atoms with Gasteiger partial charge in [-0.1, -0.05) is 117 Å². The second-order valence-corrected chi connectivity index (χ2v) is 39.8. The van der Waals surface area contributed by atoms with Gasteiger partial charge < -0.3 is 130 Å². The highest BCUT2D eigenvalue weighted by molar-refractivity contribution is 6.01. The van der Waals surface area contributed by atoms with E-state index in [9.17, 15) is 86.6 Å². The van der Waals surface area contributed by atoms with Gasteiger partial charge >= 0.3 is 0 Å². The summed E-state index contributed by atoms with van der Waals surface area (Å²) in [5.74, 6) is -8.78. The van der Waals surface area contributed by atoms with Crippen molar-refractivity contribution in [3.63, 3.8) is 0 Å². The number of amides is 17. The quantitative estimate of drug-likeness (QED) is 0.0151. The Bertz CT molecular complexity index is 3630. The van der Waals surface area contributed by atoms with Crippen LogP contribution in [0.4, 0.5) is 0 Å². The van der Waals surface area contributed by atoms with Crippen molar-refractivity contribution in [3.8, 4) is 0 Å². The molecule has 15 atom stereocenters. The van der Waals surface area contributed by atoms with Gasteiger partial charge in [0.05, 0.1) is 19.2 Å². The Labute approximate surface area is 820 Å². The van der Waals surface area contributed by atoms with Crippen molar-refractivity contribution in [1.29, 1.82) is 0 Å². The Morgan fingerprint density at radius 3 is 0.623 bits per heavy atom. The molecule has 43 nitrogen and oxygen atoms in total. The molecule has 0 fully saturated rings. The summed E-state index contributed by atoms with van der Waals surface area (Å²) in [5, 5.41) is 54.8. The first-order valence-corrected chi connectivity index (χ1v) is 50.5. The molecule has 0 aromatic rings. The van der Waals surface area contributed by atoms with Crippen molar-refractivity contribution in [3.05, 3.63) is 0 Å². The third-order valence-corrected chi connectivity index (χ3v) is 22.7. The molecule has 34 N–H and O–H groups in total. The monoisotopic (exact) mass is 1960 g/mol. The van der Waals surface area contributed by atoms with Gasteiger partial charge in [0.1, 0.15) is 84.6 Å². The maximum atomic E-state index is 14.9. The number of aliphatic hydroxyl groups excluding tert-OH is 1. The SMILES string of the molecule is CC(C)C[C@H](NC(=O)[C@H](CCCCN)NC(=O)[C@H](CC(C)C)NC(=O)[C@H](CC(C)C)NC(=O)[C@H](CO)NC(=O)[C@H](CCCCN)NC(=O)[C@H](CC(C)C)NC(=O)[C@H](CC(C)C)NC(=O)[C@H](CCCCN)NC(=O)[C@H](CC(C)C)NC(=O)[C@H](CC(C)C)NC(=O)[C@H](CCCCN)NC(=O)[C@H](CCCCN)NC(=O)[C@@H](N)CC(C)C)C(=O)N[C@@H](CCCCN)C(=O)NCC(=O)NCCCCCC(=O)NN. The van der Waals surface area contributed by atoms with Gasteiger partial charge in [-0.2, -0.15) is 0 Å². The van der Waals surface area contributed by atoms with Crippen LogP contribution in [0.2, 0.25) is 0 Å². The zero-order valence-electron chi connectivity index (χ0n) is 85.9. The van der Waals surface area contributed by atoms with Crippen molar-refractivity contribution >= 4 is 100 Å². The molecule has 0 aliphatic carbocycles. The molecule has 0 radical (unpaired) electrons. The van der Waals surface area contributed by atoms with Gasteiger partial charge in [-0.3, -0.25) is 86.9 Å². The van der Waals surface area contributed by atoms with Crippen LogP contribution in [0.25, 0.3) is 0 Å². The molecule has 0 spiro atoms. The zero-order chi connectivity index (χ0) is 105. The van der Waals surface area contributed by atoms with Crippen LogP contribution in [0, 0.1) is 47.3 Å². The number of aliphatic hydroxyl groups is 1. The number of unbranched alkanes of at least 4 members (excludes halogenated alkanes) is 8. The first-order chi connectivity index (χ1) is 65.1. The highest BCUT2D eigenvalue weighted by Crippen LogP contribution is 2.20. The van der Waals surface area contributed by atoms with E-state index in [2.05, 4.69) is 90.5 Å². The Morgan fingerprint density at radius 2 is 0.413 bits per heavy atom. The van der Waals surface area contributed by atoms with Gasteiger partial charge in [0.2, 0.25) is 100 Å². The molecule has 0 heterocycles. The van der Waals surface area contributed by atoms with Crippen LogP contribution in [-0.2, 0) is 81.5 Å². The fourth-order valence-electron chi connectivity index (χ4n) is 15.4. The highest BCUT2D eigenvalue weighted by atomic mass is 16.3. The van der Waals surface area contributed by atoms with E-state index in [-0.39, 0.29) is 176 Å². The normalized spacial score (nSPS) is 14.8. The third kappa shape index (κ3) is 57.4. The lowest BCUT2D eigenvalue weighted by atomic mass is 9.98. The van der Waals surface area contributed by atoms with Crippen molar-refractivity contribution in [2.24, 2.45) is 93.3 Å². The van der Waals surface area contributed by atoms with Crippen LogP contribution in [0.5, 0.6) is 0 Å². The molecule has 138 heavy (non-hydrogen) atoms. The summed E-state index contributed by atoms with van der Waals surface area (Å²) < 4.78 is 0. The summed E-state index contributed by atoms with van der Waals surface area (Å²) in [4.78, 5) is 241. The number of nitrogens with one attached hydrogen (secondary N) is 17. The Kier molecular flexibility index (Phi) is 68.7. The lowest BCUT2D eigenvalue weighted by Gasteiger charge is -2.30. The molecule has 0 aromatic carbocycles. The van der Waals surface area contributed by atoms with E-state index in [4.69, 9.17) is 46.0 Å². The van der Waals surface area contributed by atoms with E-state index in [0.717, 1.165) is 0 Å². The van der Waals surface area contributed by atoms with Crippen LogP contribution in [0.3, 0.4) is 0 Å². The zero-order valence-corrected chi connectivity index (χ0v) is 85.9. The maximum Gasteiger partial charge on any atom is 0.245 e. The minimum absolute atomic E-state index is 0.0000398. The second kappa shape index (κ2) is 73.7. The molecule has 0 saturated carbocycles. The van der Waals surface area contributed by atoms with Crippen LogP contribution in [0.15, 0.2) is 0 Å². The molecule has 17 amide bonds. The number of carbonyl (C=O) groups excluding carboxylic acids is 17. The van der Waals surface area contributed by atoms with E-state index in [1.54, 1.807) is 55.4 Å². The summed E-state index contributed by atoms with van der Waals surface area (Å²) in [6.07, 6.45) is 8.10. The van der Waals surface area contributed by atoms with Gasteiger partial charge in [-0.05, 0) is 266 Å². The number of nitrogens with two attached hydrogens (primary N) is 8. The largest absolute Gasteiger partial charge is 0.394 e. The molecule has 0 aliphatic heterocycles. The molecule has 0 bridgehead atoms. The van der Waals surface area contributed by atoms with Gasteiger partial charge in [-0.25, -0.2) is 5.84 Å². The Hall–Kier alpha value is -9.37. The number of carbonyl (C=O) groups is 17. The lowest BCUT2D eigenvalue weighted by molar-refractivity contribution is -0.137. The van der Waals surface area contributed by atoms with Crippen molar-refractivity contribution < 1.29 is 86.6 Å². The molecule has 43 heteroatoms. The van der Waals surface area contributed by atoms with E-state index in [1.807, 2.05) is 55.4 Å². The first-order valence-electron chi connectivity index (χ1n) is 50.5. The number of rotatable bonds is 78. The van der Waals surface area contributed by atoms with Crippen molar-refractivity contribution in [2.45, 2.75) is 394 Å². The van der Waals surface area contributed by atoms with Gasteiger partial charge in [-0.15, -0.1) is 0 Å². The standard InChI is InChI=1S/C95H183N25O18/c1-56(2)46-64(102)81(124)106-66(33-20-26-40-97)83(126)108-67(34-21-27-41-98)84(127)113-75(51-61(11)12)92(135)115-72(48-58(5)6)89(132)110-69(36-23-29-43-100)86(129)114-76(52-62(13)14)93(136)116-74(50-60(9)10)91(134)111-70(37-24-30-44-101)87(130)119-78(55-121)95(138)118-77(53-63(15)16)94(137)117-73(49-59(7)8)90(133)109-68(35-22-28-42-99)85(128)112-71(47-57(3)4)88(131)107-65(32-19-25-39-96)82(125)105-54-80(123)104-45-31-17-18-38-79(122)120-103/h56-78,121H,17-55,96-103H2,1-16H3,(H,104,123)(H,105,125)(H,106,124)(H,107,131)(H,108,126)(H,109,133)(H,110,132)(H,111,134)(H,112,128)(H,113,127)(H,114,129)(H,115,135)(H,116,136)(H,117,137)(H,118,138)(H,119,130)(H,120,122)/t64-,65-,66-,67-,68-,69-,70-,71-,72-,73-,74-,75-,76-,77-,78-/m0/s1. The number of hydrogen-bond donors (Lipinski definition) is 26. The third-order valence-electron chi connectivity index (χ3n) is 22.7. The molecular weight excluding hydrogens is 1780 g/mol. The summed E-state index contributed by atoms with van der Waals surface area (Å²) in [6, 6.07) is -19.3. The Morgan fingerprint density at radius 1 is 0.217 bits per heavy atom. The van der Waals surface area contributed by atoms with E-state index in [0.29, 0.717) is 116 Å². The smallest absolute Gasteiger partial charge is 0.245 e. The van der Waals surface area contributed by atoms with Gasteiger partial charge in [0.15, 0.2) is 0 Å². The molecule has 0 rings (SSSR count). The second-order valence-electron chi connectivity index (χ2n) is 39.8. The maximum absolute atomic E-state index is 14.9. The summed E-state index contributed by atoms with van der Waals surface area (Å²) >= 11 is 0. The number of hydrazine groups is 1. The van der Waals surface area contributed by atoms with Crippen LogP contribution >= 0.6 is 0 Å². The van der Waals surface area contributed by atoms with Crippen molar-refractivity contribution in [1.82, 2.24) is 90.5 Å². The Balaban J connectivity index is 7.24. The molecule has 796 valence electrons. The van der Waals surface area contributed by atoms with E-state index < -0.39 is 198 Å². The minimum Gasteiger partial charge on any atom is -0.394 e. The summed E-state index contributed by atoms with van der Waals surface area (Å²) in [7, 11) is 0. The predicted octanol–water partition coefficient (Wildman–Crippen LogP) is -0.981. The highest BCUT2D eigenvalue weighted by Gasteiger charge is 2.40. The fourth-order valence-corrected chi connectivity index (χ4v) is 15.4.